The number of ether oxygens (including phenoxy) is 2. The molecule has 0 spiro atoms. The van der Waals surface area contributed by atoms with Crippen molar-refractivity contribution in [3.8, 4) is 11.5 Å². The largest absolute Gasteiger partial charge is 0.493 e. The Kier molecular flexibility index (Phi) is 12.4. The third-order valence-electron chi connectivity index (χ3n) is 4.29. The van der Waals surface area contributed by atoms with Gasteiger partial charge in [0, 0.05) is 19.6 Å². The van der Waals surface area contributed by atoms with Gasteiger partial charge in [-0.3, -0.25) is 0 Å². The van der Waals surface area contributed by atoms with Crippen LogP contribution in [-0.2, 0) is 10.0 Å². The van der Waals surface area contributed by atoms with Crippen LogP contribution in [0.2, 0.25) is 0 Å². The molecule has 2 aromatic carbocycles. The lowest BCUT2D eigenvalue weighted by atomic mass is 10.2. The molecular formula is C22H33IN4O4S. The summed E-state index contributed by atoms with van der Waals surface area (Å²) in [6.45, 7) is 7.52. The highest BCUT2D eigenvalue weighted by Gasteiger charge is 2.13. The van der Waals surface area contributed by atoms with E-state index in [0.29, 0.717) is 37.1 Å². The number of halogens is 1. The number of rotatable bonds is 11. The number of aliphatic imine (C=N–C) groups is 1. The van der Waals surface area contributed by atoms with Crippen molar-refractivity contribution in [2.45, 2.75) is 31.8 Å². The highest BCUT2D eigenvalue weighted by atomic mass is 127. The summed E-state index contributed by atoms with van der Waals surface area (Å²) in [6, 6.07) is 14.2. The average Bonchev–Trinajstić information content (AvgIpc) is 2.75. The Morgan fingerprint density at radius 1 is 1.03 bits per heavy atom. The van der Waals surface area contributed by atoms with Crippen LogP contribution >= 0.6 is 24.0 Å². The lowest BCUT2D eigenvalue weighted by molar-refractivity contribution is 0.219. The number of nitrogens with zero attached hydrogens (tertiary/aromatic N) is 1. The lowest BCUT2D eigenvalue weighted by Crippen LogP contribution is -2.42. The van der Waals surface area contributed by atoms with E-state index in [0.717, 1.165) is 5.56 Å². The molecule has 3 N–H and O–H groups in total. The first-order valence-corrected chi connectivity index (χ1v) is 11.7. The summed E-state index contributed by atoms with van der Waals surface area (Å²) < 4.78 is 38.5. The number of nitrogens with one attached hydrogen (secondary N) is 3. The maximum absolute atomic E-state index is 12.3. The maximum Gasteiger partial charge on any atom is 0.240 e. The molecule has 0 aliphatic carbocycles. The molecule has 0 bridgehead atoms. The van der Waals surface area contributed by atoms with E-state index >= 15 is 0 Å². The number of methoxy groups -OCH3 is 1. The molecule has 2 rings (SSSR count). The van der Waals surface area contributed by atoms with E-state index in [1.54, 1.807) is 31.4 Å². The third-order valence-corrected chi connectivity index (χ3v) is 5.77. The van der Waals surface area contributed by atoms with E-state index in [1.807, 2.05) is 45.0 Å². The van der Waals surface area contributed by atoms with Gasteiger partial charge in [0.1, 0.15) is 6.10 Å². The first-order chi connectivity index (χ1) is 14.9. The number of benzene rings is 2. The van der Waals surface area contributed by atoms with Crippen LogP contribution in [0.15, 0.2) is 58.4 Å². The maximum atomic E-state index is 12.3. The molecule has 0 saturated heterocycles. The molecule has 10 heteroatoms. The summed E-state index contributed by atoms with van der Waals surface area (Å²) in [5.41, 5.74) is 1.01. The van der Waals surface area contributed by atoms with Gasteiger partial charge >= 0.3 is 0 Å². The Balaban J connectivity index is 0.00000512. The number of hydrogen-bond donors (Lipinski definition) is 3. The first-order valence-electron chi connectivity index (χ1n) is 10.2. The van der Waals surface area contributed by atoms with Crippen molar-refractivity contribution in [2.24, 2.45) is 4.99 Å². The minimum absolute atomic E-state index is 0. The molecule has 8 nitrogen and oxygen atoms in total. The van der Waals surface area contributed by atoms with Gasteiger partial charge < -0.3 is 20.1 Å². The van der Waals surface area contributed by atoms with Gasteiger partial charge in [-0.05, 0) is 45.0 Å². The molecule has 0 aromatic heterocycles. The Morgan fingerprint density at radius 2 is 1.69 bits per heavy atom. The van der Waals surface area contributed by atoms with Gasteiger partial charge in [-0.25, -0.2) is 18.1 Å². The van der Waals surface area contributed by atoms with E-state index < -0.39 is 10.0 Å². The Bertz CT molecular complexity index is 953. The van der Waals surface area contributed by atoms with Crippen molar-refractivity contribution in [3.63, 3.8) is 0 Å². The third kappa shape index (κ3) is 9.21. The molecule has 0 saturated carbocycles. The fourth-order valence-electron chi connectivity index (χ4n) is 2.70. The zero-order valence-electron chi connectivity index (χ0n) is 18.9. The summed E-state index contributed by atoms with van der Waals surface area (Å²) in [6.07, 6.45) is -0.174. The monoisotopic (exact) mass is 576 g/mol. The van der Waals surface area contributed by atoms with E-state index in [9.17, 15) is 8.42 Å². The van der Waals surface area contributed by atoms with Crippen molar-refractivity contribution < 1.29 is 17.9 Å². The van der Waals surface area contributed by atoms with E-state index in [-0.39, 0.29) is 41.5 Å². The Labute approximate surface area is 208 Å². The summed E-state index contributed by atoms with van der Waals surface area (Å²) in [5, 5.41) is 6.27. The number of aryl methyl sites for hydroxylation is 1. The van der Waals surface area contributed by atoms with Crippen LogP contribution in [0.5, 0.6) is 11.5 Å². The van der Waals surface area contributed by atoms with Crippen molar-refractivity contribution in [2.75, 3.05) is 33.3 Å². The summed E-state index contributed by atoms with van der Waals surface area (Å²) in [7, 11) is -1.93. The van der Waals surface area contributed by atoms with Gasteiger partial charge in [-0.1, -0.05) is 29.8 Å². The van der Waals surface area contributed by atoms with Gasteiger partial charge in [0.15, 0.2) is 17.5 Å². The predicted octanol–water partition coefficient (Wildman–Crippen LogP) is 2.92. The minimum atomic E-state index is -3.54. The smallest absolute Gasteiger partial charge is 0.240 e. The number of hydrogen-bond acceptors (Lipinski definition) is 5. The van der Waals surface area contributed by atoms with Gasteiger partial charge in [0.25, 0.3) is 0 Å². The van der Waals surface area contributed by atoms with Gasteiger partial charge in [0.05, 0.1) is 18.6 Å². The summed E-state index contributed by atoms with van der Waals surface area (Å²) in [4.78, 5) is 4.77. The highest BCUT2D eigenvalue weighted by Crippen LogP contribution is 2.26. The van der Waals surface area contributed by atoms with Crippen LogP contribution in [0.25, 0.3) is 0 Å². The molecular weight excluding hydrogens is 543 g/mol. The molecule has 178 valence electrons. The molecule has 1 unspecified atom stereocenters. The summed E-state index contributed by atoms with van der Waals surface area (Å²) >= 11 is 0. The second kappa shape index (κ2) is 14.2. The Morgan fingerprint density at radius 3 is 2.31 bits per heavy atom. The lowest BCUT2D eigenvalue weighted by Gasteiger charge is -2.17. The van der Waals surface area contributed by atoms with E-state index in [1.165, 1.54) is 0 Å². The minimum Gasteiger partial charge on any atom is -0.493 e. The van der Waals surface area contributed by atoms with Crippen LogP contribution in [0.3, 0.4) is 0 Å². The molecule has 0 heterocycles. The van der Waals surface area contributed by atoms with E-state index in [2.05, 4.69) is 20.3 Å². The van der Waals surface area contributed by atoms with Gasteiger partial charge in [-0.15, -0.1) is 24.0 Å². The molecule has 0 fully saturated rings. The van der Waals surface area contributed by atoms with Gasteiger partial charge in [0.2, 0.25) is 10.0 Å². The van der Waals surface area contributed by atoms with Crippen LogP contribution in [0.4, 0.5) is 0 Å². The second-order valence-electron chi connectivity index (χ2n) is 6.94. The second-order valence-corrected chi connectivity index (χ2v) is 8.70. The quantitative estimate of drug-likeness (QED) is 0.165. The molecule has 0 amide bonds. The molecule has 1 atom stereocenters. The van der Waals surface area contributed by atoms with Crippen molar-refractivity contribution in [1.82, 2.24) is 15.4 Å². The highest BCUT2D eigenvalue weighted by molar-refractivity contribution is 14.0. The molecule has 0 aliphatic rings. The molecule has 32 heavy (non-hydrogen) atoms. The van der Waals surface area contributed by atoms with Crippen LogP contribution < -0.4 is 24.8 Å². The number of sulfonamides is 1. The Hall–Kier alpha value is -2.05. The van der Waals surface area contributed by atoms with Crippen molar-refractivity contribution >= 4 is 40.0 Å². The molecule has 0 radical (unpaired) electrons. The van der Waals surface area contributed by atoms with Crippen LogP contribution in [0.1, 0.15) is 19.4 Å². The van der Waals surface area contributed by atoms with Gasteiger partial charge in [-0.2, -0.15) is 0 Å². The fourth-order valence-corrected chi connectivity index (χ4v) is 3.73. The molecule has 2 aromatic rings. The normalized spacial score (nSPS) is 12.4. The fraction of sp³-hybridized carbons (Fsp3) is 0.409. The number of guanidine groups is 1. The zero-order valence-corrected chi connectivity index (χ0v) is 22.1. The zero-order chi connectivity index (χ0) is 22.7. The standard InChI is InChI=1S/C22H32N4O4S.HI/c1-5-23-22(25-16-18(3)30-21-9-7-6-8-20(21)29-4)24-14-15-26-31(27,28)19-12-10-17(2)11-13-19;/h6-13,18,26H,5,14-16H2,1-4H3,(H2,23,24,25);1H. The summed E-state index contributed by atoms with van der Waals surface area (Å²) in [5.74, 6) is 1.92. The topological polar surface area (TPSA) is 101 Å². The van der Waals surface area contributed by atoms with Crippen LogP contribution in [0, 0.1) is 6.92 Å². The number of para-hydroxylation sites is 2. The first kappa shape index (κ1) is 28.0. The predicted molar refractivity (Wildman–Crippen MR) is 139 cm³/mol. The SMILES string of the molecule is CCNC(=NCC(C)Oc1ccccc1OC)NCCNS(=O)(=O)c1ccc(C)cc1.I. The van der Waals surface area contributed by atoms with Crippen LogP contribution in [-0.4, -0.2) is 53.8 Å². The molecule has 0 aliphatic heterocycles. The van der Waals surface area contributed by atoms with Crippen molar-refractivity contribution in [3.05, 3.63) is 54.1 Å². The van der Waals surface area contributed by atoms with Crippen molar-refractivity contribution in [1.29, 1.82) is 0 Å². The average molecular weight is 577 g/mol. The van der Waals surface area contributed by atoms with E-state index in [4.69, 9.17) is 9.47 Å².